The molecule has 0 aliphatic carbocycles. The highest BCUT2D eigenvalue weighted by atomic mass is 19.1. The molecule has 1 heterocycles. The predicted octanol–water partition coefficient (Wildman–Crippen LogP) is 5.00. The summed E-state index contributed by atoms with van der Waals surface area (Å²) in [6, 6.07) is 14.6. The lowest BCUT2D eigenvalue weighted by Crippen LogP contribution is -2.20. The number of ether oxygens (including phenoxy) is 1. The van der Waals surface area contributed by atoms with E-state index in [1.165, 1.54) is 23.9 Å². The molecule has 2 amide bonds. The molecule has 0 fully saturated rings. The van der Waals surface area contributed by atoms with Gasteiger partial charge in [-0.3, -0.25) is 0 Å². The van der Waals surface area contributed by atoms with Crippen LogP contribution in [0.3, 0.4) is 0 Å². The zero-order valence-corrected chi connectivity index (χ0v) is 16.6. The summed E-state index contributed by atoms with van der Waals surface area (Å²) in [5.41, 5.74) is 1.17. The van der Waals surface area contributed by atoms with Gasteiger partial charge in [-0.2, -0.15) is 4.98 Å². The SMILES string of the molecule is COc1nc(-c2cccc(F)c2)n(-c2cccc(NC(=O)Nc3ccc(F)cc3F)c2)n1. The predicted molar refractivity (Wildman–Crippen MR) is 112 cm³/mol. The van der Waals surface area contributed by atoms with E-state index in [9.17, 15) is 18.0 Å². The van der Waals surface area contributed by atoms with Crippen molar-refractivity contribution in [3.05, 3.63) is 84.2 Å². The highest BCUT2D eigenvalue weighted by Crippen LogP contribution is 2.25. The molecule has 0 saturated carbocycles. The number of aromatic nitrogens is 3. The lowest BCUT2D eigenvalue weighted by molar-refractivity contribution is 0.262. The highest BCUT2D eigenvalue weighted by molar-refractivity contribution is 6.00. The van der Waals surface area contributed by atoms with Gasteiger partial charge in [-0.05, 0) is 42.5 Å². The Bertz CT molecular complexity index is 1290. The lowest BCUT2D eigenvalue weighted by Gasteiger charge is -2.11. The third-order valence-electron chi connectivity index (χ3n) is 4.38. The van der Waals surface area contributed by atoms with Crippen molar-refractivity contribution in [2.75, 3.05) is 17.7 Å². The van der Waals surface area contributed by atoms with Crippen LogP contribution in [0.2, 0.25) is 0 Å². The van der Waals surface area contributed by atoms with Crippen LogP contribution in [0, 0.1) is 17.5 Å². The number of rotatable bonds is 5. The summed E-state index contributed by atoms with van der Waals surface area (Å²) >= 11 is 0. The molecule has 0 aliphatic rings. The fourth-order valence-electron chi connectivity index (χ4n) is 2.97. The van der Waals surface area contributed by atoms with E-state index in [2.05, 4.69) is 20.7 Å². The first-order valence-electron chi connectivity index (χ1n) is 9.33. The van der Waals surface area contributed by atoms with E-state index in [4.69, 9.17) is 4.74 Å². The minimum Gasteiger partial charge on any atom is -0.466 e. The Labute approximate surface area is 180 Å². The molecule has 0 spiro atoms. The van der Waals surface area contributed by atoms with Gasteiger partial charge in [-0.1, -0.05) is 18.2 Å². The van der Waals surface area contributed by atoms with Crippen LogP contribution >= 0.6 is 0 Å². The van der Waals surface area contributed by atoms with Gasteiger partial charge in [0, 0.05) is 17.3 Å². The second-order valence-electron chi connectivity index (χ2n) is 6.60. The molecule has 10 heteroatoms. The Hall–Kier alpha value is -4.34. The standard InChI is InChI=1S/C22H16F3N5O2/c1-32-22-28-20(13-4-2-5-14(23)10-13)30(29-22)17-7-3-6-16(12-17)26-21(31)27-19-9-8-15(24)11-18(19)25/h2-12H,1H3,(H2,26,27,31). The summed E-state index contributed by atoms with van der Waals surface area (Å²) in [4.78, 5) is 16.5. The second kappa shape index (κ2) is 8.80. The van der Waals surface area contributed by atoms with E-state index in [1.54, 1.807) is 36.4 Å². The number of benzene rings is 3. The number of urea groups is 1. The molecule has 32 heavy (non-hydrogen) atoms. The molecule has 1 aromatic heterocycles. The third-order valence-corrected chi connectivity index (χ3v) is 4.38. The summed E-state index contributed by atoms with van der Waals surface area (Å²) in [6.07, 6.45) is 0. The van der Waals surface area contributed by atoms with Crippen molar-refractivity contribution in [3.63, 3.8) is 0 Å². The molecule has 3 aromatic carbocycles. The van der Waals surface area contributed by atoms with Crippen LogP contribution in [0.5, 0.6) is 6.01 Å². The number of anilines is 2. The summed E-state index contributed by atoms with van der Waals surface area (Å²) in [7, 11) is 1.41. The molecule has 7 nitrogen and oxygen atoms in total. The largest absolute Gasteiger partial charge is 0.466 e. The average molecular weight is 439 g/mol. The normalized spacial score (nSPS) is 10.6. The van der Waals surface area contributed by atoms with Crippen LogP contribution in [0.15, 0.2) is 66.7 Å². The van der Waals surface area contributed by atoms with Crippen molar-refractivity contribution < 1.29 is 22.7 Å². The van der Waals surface area contributed by atoms with Crippen molar-refractivity contribution in [1.29, 1.82) is 0 Å². The molecular weight excluding hydrogens is 423 g/mol. The second-order valence-corrected chi connectivity index (χ2v) is 6.60. The van der Waals surface area contributed by atoms with Crippen molar-refractivity contribution in [3.8, 4) is 23.1 Å². The molecule has 0 unspecified atom stereocenters. The number of hydrogen-bond acceptors (Lipinski definition) is 4. The molecule has 0 radical (unpaired) electrons. The Morgan fingerprint density at radius 3 is 2.47 bits per heavy atom. The Morgan fingerprint density at radius 1 is 0.938 bits per heavy atom. The molecule has 0 atom stereocenters. The number of nitrogens with one attached hydrogen (secondary N) is 2. The molecule has 0 aliphatic heterocycles. The first kappa shape index (κ1) is 20.9. The maximum atomic E-state index is 13.8. The highest BCUT2D eigenvalue weighted by Gasteiger charge is 2.16. The van der Waals surface area contributed by atoms with E-state index in [1.807, 2.05) is 0 Å². The van der Waals surface area contributed by atoms with Gasteiger partial charge in [0.1, 0.15) is 17.5 Å². The maximum Gasteiger partial charge on any atom is 0.336 e. The van der Waals surface area contributed by atoms with Crippen molar-refractivity contribution in [2.45, 2.75) is 0 Å². The van der Waals surface area contributed by atoms with Crippen LogP contribution in [-0.4, -0.2) is 27.9 Å². The molecular formula is C22H16F3N5O2. The minimum absolute atomic E-state index is 0.0761. The molecule has 4 aromatic rings. The zero-order chi connectivity index (χ0) is 22.7. The average Bonchev–Trinajstić information content (AvgIpc) is 3.21. The summed E-state index contributed by atoms with van der Waals surface area (Å²) in [5, 5.41) is 9.14. The van der Waals surface area contributed by atoms with Crippen LogP contribution in [0.1, 0.15) is 0 Å². The number of halogens is 3. The Kier molecular flexibility index (Phi) is 5.75. The molecule has 0 saturated heterocycles. The number of amides is 2. The lowest BCUT2D eigenvalue weighted by atomic mass is 10.2. The molecule has 0 bridgehead atoms. The quantitative estimate of drug-likeness (QED) is 0.458. The molecule has 2 N–H and O–H groups in total. The van der Waals surface area contributed by atoms with E-state index in [0.717, 1.165) is 12.1 Å². The summed E-state index contributed by atoms with van der Waals surface area (Å²) in [6.45, 7) is 0. The van der Waals surface area contributed by atoms with Crippen LogP contribution < -0.4 is 15.4 Å². The van der Waals surface area contributed by atoms with Gasteiger partial charge >= 0.3 is 12.0 Å². The van der Waals surface area contributed by atoms with E-state index in [-0.39, 0.29) is 11.7 Å². The van der Waals surface area contributed by atoms with Crippen molar-refractivity contribution in [1.82, 2.24) is 14.8 Å². The number of hydrogen-bond donors (Lipinski definition) is 2. The van der Waals surface area contributed by atoms with Crippen LogP contribution in [0.4, 0.5) is 29.3 Å². The fraction of sp³-hybridized carbons (Fsp3) is 0.0455. The monoisotopic (exact) mass is 439 g/mol. The van der Waals surface area contributed by atoms with Gasteiger partial charge in [0.05, 0.1) is 18.5 Å². The third kappa shape index (κ3) is 4.53. The van der Waals surface area contributed by atoms with Gasteiger partial charge < -0.3 is 15.4 Å². The maximum absolute atomic E-state index is 13.8. The first-order chi connectivity index (χ1) is 15.4. The molecule has 162 valence electrons. The van der Waals surface area contributed by atoms with E-state index in [0.29, 0.717) is 28.8 Å². The van der Waals surface area contributed by atoms with Gasteiger partial charge in [-0.15, -0.1) is 5.10 Å². The number of carbonyl (C=O) groups is 1. The number of methoxy groups -OCH3 is 1. The Morgan fingerprint density at radius 2 is 1.72 bits per heavy atom. The zero-order valence-electron chi connectivity index (χ0n) is 16.6. The molecule has 4 rings (SSSR count). The van der Waals surface area contributed by atoms with Crippen molar-refractivity contribution in [2.24, 2.45) is 0 Å². The summed E-state index contributed by atoms with van der Waals surface area (Å²) in [5.74, 6) is -1.76. The number of nitrogens with zero attached hydrogens (tertiary/aromatic N) is 3. The first-order valence-corrected chi connectivity index (χ1v) is 9.33. The number of carbonyl (C=O) groups excluding carboxylic acids is 1. The van der Waals surface area contributed by atoms with Gasteiger partial charge in [0.2, 0.25) is 0 Å². The van der Waals surface area contributed by atoms with E-state index >= 15 is 0 Å². The fourth-order valence-corrected chi connectivity index (χ4v) is 2.97. The minimum atomic E-state index is -0.900. The van der Waals surface area contributed by atoms with Crippen LogP contribution in [0.25, 0.3) is 17.1 Å². The van der Waals surface area contributed by atoms with Gasteiger partial charge in [0.25, 0.3) is 0 Å². The smallest absolute Gasteiger partial charge is 0.336 e. The summed E-state index contributed by atoms with van der Waals surface area (Å²) < 4.78 is 47.1. The van der Waals surface area contributed by atoms with Crippen LogP contribution in [-0.2, 0) is 0 Å². The topological polar surface area (TPSA) is 81.1 Å². The van der Waals surface area contributed by atoms with E-state index < -0.39 is 23.5 Å². The van der Waals surface area contributed by atoms with Gasteiger partial charge in [0.15, 0.2) is 5.82 Å². The van der Waals surface area contributed by atoms with Crippen molar-refractivity contribution >= 4 is 17.4 Å². The van der Waals surface area contributed by atoms with Gasteiger partial charge in [-0.25, -0.2) is 22.6 Å². The Balaban J connectivity index is 1.61.